The second kappa shape index (κ2) is 6.65. The average Bonchev–Trinajstić information content (AvgIpc) is 3.04. The molecular formula is C25H35NO2. The predicted molar refractivity (Wildman–Crippen MR) is 110 cm³/mol. The molecule has 0 saturated heterocycles. The van der Waals surface area contributed by atoms with Crippen molar-refractivity contribution in [1.82, 2.24) is 4.98 Å². The summed E-state index contributed by atoms with van der Waals surface area (Å²) in [6.45, 7) is 4.46. The molecule has 4 saturated carbocycles. The fraction of sp³-hybridized carbons (Fsp3) is 0.760. The second-order valence-electron chi connectivity index (χ2n) is 10.9. The van der Waals surface area contributed by atoms with Gasteiger partial charge in [0.1, 0.15) is 5.69 Å². The van der Waals surface area contributed by atoms with E-state index in [4.69, 9.17) is 0 Å². The summed E-state index contributed by atoms with van der Waals surface area (Å²) in [5.74, 6) is 4.30. The first-order chi connectivity index (χ1) is 13.4. The Labute approximate surface area is 169 Å². The van der Waals surface area contributed by atoms with E-state index in [-0.39, 0.29) is 17.1 Å². The van der Waals surface area contributed by atoms with Crippen LogP contribution < -0.4 is 0 Å². The number of carbonyl (C=O) groups is 1. The van der Waals surface area contributed by atoms with Gasteiger partial charge in [0, 0.05) is 12.1 Å². The van der Waals surface area contributed by atoms with E-state index in [1.807, 2.05) is 25.1 Å². The van der Waals surface area contributed by atoms with Gasteiger partial charge in [-0.2, -0.15) is 0 Å². The topological polar surface area (TPSA) is 50.2 Å². The van der Waals surface area contributed by atoms with Gasteiger partial charge < -0.3 is 5.11 Å². The summed E-state index contributed by atoms with van der Waals surface area (Å²) in [6, 6.07) is 5.72. The van der Waals surface area contributed by atoms with Gasteiger partial charge in [0.25, 0.3) is 0 Å². The third-order valence-electron chi connectivity index (χ3n) is 9.47. The zero-order valence-electron chi connectivity index (χ0n) is 17.4. The van der Waals surface area contributed by atoms with E-state index in [2.05, 4.69) is 11.9 Å². The number of nitrogens with zero attached hydrogens (tertiary/aromatic N) is 1. The number of pyridine rings is 1. The number of ketones is 1. The summed E-state index contributed by atoms with van der Waals surface area (Å²) in [6.07, 6.45) is 12.3. The Hall–Kier alpha value is -1.22. The van der Waals surface area contributed by atoms with Crippen molar-refractivity contribution in [3.63, 3.8) is 0 Å². The zero-order valence-corrected chi connectivity index (χ0v) is 17.4. The first-order valence-corrected chi connectivity index (χ1v) is 11.6. The molecule has 4 aliphatic rings. The molecule has 0 radical (unpaired) electrons. The highest BCUT2D eigenvalue weighted by Gasteiger charge is 2.58. The number of Topliss-reactive ketones (excluding diaryl/α,β-unsaturated/α-hetero) is 1. The molecule has 1 heterocycles. The molecule has 4 fully saturated rings. The van der Waals surface area contributed by atoms with Crippen LogP contribution in [0.3, 0.4) is 0 Å². The lowest BCUT2D eigenvalue weighted by molar-refractivity contribution is -0.0976. The maximum absolute atomic E-state index is 13.3. The van der Waals surface area contributed by atoms with E-state index in [1.54, 1.807) is 6.20 Å². The maximum Gasteiger partial charge on any atom is 0.184 e. The molecule has 0 unspecified atom stereocenters. The second-order valence-corrected chi connectivity index (χ2v) is 10.9. The zero-order chi connectivity index (χ0) is 19.5. The van der Waals surface area contributed by atoms with E-state index in [9.17, 15) is 9.90 Å². The van der Waals surface area contributed by atoms with Crippen LogP contribution >= 0.6 is 0 Å². The van der Waals surface area contributed by atoms with E-state index >= 15 is 0 Å². The fourth-order valence-electron chi connectivity index (χ4n) is 8.20. The molecule has 0 amide bonds. The number of carbonyl (C=O) groups excluding carboxylic acids is 1. The lowest BCUT2D eigenvalue weighted by atomic mass is 9.49. The van der Waals surface area contributed by atoms with E-state index in [0.717, 1.165) is 42.9 Å². The fourth-order valence-corrected chi connectivity index (χ4v) is 8.20. The smallest absolute Gasteiger partial charge is 0.184 e. The summed E-state index contributed by atoms with van der Waals surface area (Å²) >= 11 is 0. The monoisotopic (exact) mass is 381 g/mol. The summed E-state index contributed by atoms with van der Waals surface area (Å²) in [5, 5.41) is 10.6. The van der Waals surface area contributed by atoms with Gasteiger partial charge >= 0.3 is 0 Å². The maximum atomic E-state index is 13.3. The molecule has 0 spiro atoms. The van der Waals surface area contributed by atoms with Crippen molar-refractivity contribution in [1.29, 1.82) is 0 Å². The third kappa shape index (κ3) is 2.88. The summed E-state index contributed by atoms with van der Waals surface area (Å²) in [4.78, 5) is 17.6. The summed E-state index contributed by atoms with van der Waals surface area (Å²) < 4.78 is 0. The molecule has 0 aliphatic heterocycles. The lowest BCUT2D eigenvalue weighted by Gasteiger charge is -2.56. The van der Waals surface area contributed by atoms with Crippen molar-refractivity contribution in [3.8, 4) is 0 Å². The van der Waals surface area contributed by atoms with Crippen LogP contribution in [0.5, 0.6) is 0 Å². The Morgan fingerprint density at radius 2 is 1.82 bits per heavy atom. The van der Waals surface area contributed by atoms with Gasteiger partial charge in [-0.3, -0.25) is 9.78 Å². The van der Waals surface area contributed by atoms with Crippen LogP contribution in [0.2, 0.25) is 0 Å². The van der Waals surface area contributed by atoms with Crippen molar-refractivity contribution in [2.45, 2.75) is 77.2 Å². The van der Waals surface area contributed by atoms with Crippen LogP contribution in [0.4, 0.5) is 0 Å². The van der Waals surface area contributed by atoms with Gasteiger partial charge in [-0.05, 0) is 112 Å². The molecule has 28 heavy (non-hydrogen) atoms. The van der Waals surface area contributed by atoms with Gasteiger partial charge in [-0.15, -0.1) is 0 Å². The van der Waals surface area contributed by atoms with Crippen LogP contribution in [0.1, 0.15) is 82.1 Å². The first kappa shape index (κ1) is 18.8. The SMILES string of the molecule is C[C@@]1(O)CC[C@H]2[C@H](CC[C@@H]3[C@@H]2CC[C@]2(C)[C@@H](C(=O)c4ccccn4)CC[C@@H]32)C1. The molecule has 1 N–H and O–H groups in total. The standard InChI is InChI=1S/C25H35NO2/c1-24(28)12-10-17-16(15-24)6-7-19-18(17)11-13-25(2)20(19)8-9-21(25)23(27)22-5-3-4-14-26-22/h3-5,14,16-21,28H,6-13,15H2,1-2H3/t16-,17+,18-,19-,20+,21-,24-,25+/m1/s1. The average molecular weight is 382 g/mol. The van der Waals surface area contributed by atoms with E-state index in [1.165, 1.54) is 38.5 Å². The van der Waals surface area contributed by atoms with E-state index < -0.39 is 5.60 Å². The highest BCUT2D eigenvalue weighted by atomic mass is 16.3. The molecule has 3 nitrogen and oxygen atoms in total. The molecule has 3 heteroatoms. The van der Waals surface area contributed by atoms with Crippen LogP contribution in [-0.4, -0.2) is 21.5 Å². The van der Waals surface area contributed by atoms with Crippen molar-refractivity contribution in [2.75, 3.05) is 0 Å². The first-order valence-electron chi connectivity index (χ1n) is 11.6. The minimum absolute atomic E-state index is 0.151. The van der Waals surface area contributed by atoms with Crippen LogP contribution in [0.25, 0.3) is 0 Å². The highest BCUT2D eigenvalue weighted by Crippen LogP contribution is 2.64. The Morgan fingerprint density at radius 3 is 2.61 bits per heavy atom. The number of aromatic nitrogens is 1. The molecule has 0 aromatic carbocycles. The quantitative estimate of drug-likeness (QED) is 0.709. The molecule has 1 aromatic heterocycles. The van der Waals surface area contributed by atoms with Gasteiger partial charge in [0.05, 0.1) is 5.60 Å². The Bertz CT molecular complexity index is 744. The Balaban J connectivity index is 1.37. The van der Waals surface area contributed by atoms with Gasteiger partial charge in [0.15, 0.2) is 5.78 Å². The molecule has 5 rings (SSSR count). The Morgan fingerprint density at radius 1 is 1.00 bits per heavy atom. The van der Waals surface area contributed by atoms with Crippen LogP contribution in [-0.2, 0) is 0 Å². The number of rotatable bonds is 2. The normalized spacial score (nSPS) is 47.7. The minimum Gasteiger partial charge on any atom is -0.390 e. The summed E-state index contributed by atoms with van der Waals surface area (Å²) in [7, 11) is 0. The number of hydrogen-bond donors (Lipinski definition) is 1. The van der Waals surface area contributed by atoms with Crippen LogP contribution in [0.15, 0.2) is 24.4 Å². The molecule has 4 aliphatic carbocycles. The van der Waals surface area contributed by atoms with E-state index in [0.29, 0.717) is 11.6 Å². The Kier molecular flexibility index (Phi) is 4.46. The number of fused-ring (bicyclic) bond motifs is 5. The predicted octanol–water partition coefficient (Wildman–Crippen LogP) is 5.28. The van der Waals surface area contributed by atoms with Crippen molar-refractivity contribution in [2.24, 2.45) is 40.9 Å². The van der Waals surface area contributed by atoms with Gasteiger partial charge in [-0.1, -0.05) is 13.0 Å². The molecular weight excluding hydrogens is 346 g/mol. The summed E-state index contributed by atoms with van der Waals surface area (Å²) in [5.41, 5.74) is 0.378. The van der Waals surface area contributed by atoms with Crippen molar-refractivity contribution >= 4 is 5.78 Å². The van der Waals surface area contributed by atoms with Crippen molar-refractivity contribution < 1.29 is 9.90 Å². The molecule has 8 atom stereocenters. The third-order valence-corrected chi connectivity index (χ3v) is 9.47. The number of aliphatic hydroxyl groups is 1. The van der Waals surface area contributed by atoms with Gasteiger partial charge in [-0.25, -0.2) is 0 Å². The lowest BCUT2D eigenvalue weighted by Crippen LogP contribution is -2.51. The molecule has 0 bridgehead atoms. The molecule has 152 valence electrons. The van der Waals surface area contributed by atoms with Crippen LogP contribution in [0, 0.1) is 40.9 Å². The van der Waals surface area contributed by atoms with Gasteiger partial charge in [0.2, 0.25) is 0 Å². The largest absolute Gasteiger partial charge is 0.390 e. The minimum atomic E-state index is -0.440. The molecule has 1 aromatic rings. The number of hydrogen-bond acceptors (Lipinski definition) is 3. The van der Waals surface area contributed by atoms with Crippen molar-refractivity contribution in [3.05, 3.63) is 30.1 Å². The highest BCUT2D eigenvalue weighted by molar-refractivity contribution is 5.96.